The zero-order chi connectivity index (χ0) is 18.6. The molecule has 2 aromatic rings. The molecule has 0 fully saturated rings. The summed E-state index contributed by atoms with van der Waals surface area (Å²) in [6.45, 7) is 6.42. The second-order valence-electron chi connectivity index (χ2n) is 7.11. The molecule has 0 saturated heterocycles. The summed E-state index contributed by atoms with van der Waals surface area (Å²) in [6, 6.07) is 17.6. The number of hydrogen-bond donors (Lipinski definition) is 1. The van der Waals surface area contributed by atoms with Gasteiger partial charge in [0, 0.05) is 5.71 Å². The van der Waals surface area contributed by atoms with Crippen molar-refractivity contribution in [1.29, 1.82) is 0 Å². The SMILES string of the molecule is CC(CC(C)(C)c1ccccc1)=NNC(=O)C1COc2ccccc2O1. The number of benzene rings is 2. The van der Waals surface area contributed by atoms with Crippen LogP contribution < -0.4 is 14.9 Å². The number of carbonyl (C=O) groups is 1. The maximum Gasteiger partial charge on any atom is 0.284 e. The molecule has 0 aliphatic carbocycles. The molecule has 1 amide bonds. The molecule has 1 N–H and O–H groups in total. The third kappa shape index (κ3) is 4.23. The normalized spacial score (nSPS) is 16.9. The summed E-state index contributed by atoms with van der Waals surface area (Å²) in [6.07, 6.45) is 0.0332. The van der Waals surface area contributed by atoms with Crippen LogP contribution in [0.3, 0.4) is 0 Å². The Balaban J connectivity index is 1.58. The van der Waals surface area contributed by atoms with Gasteiger partial charge in [-0.15, -0.1) is 0 Å². The summed E-state index contributed by atoms with van der Waals surface area (Å²) < 4.78 is 11.3. The van der Waals surface area contributed by atoms with Crippen LogP contribution in [0.2, 0.25) is 0 Å². The number of carbonyl (C=O) groups excluding carboxylic acids is 1. The summed E-state index contributed by atoms with van der Waals surface area (Å²) in [5.74, 6) is 0.919. The summed E-state index contributed by atoms with van der Waals surface area (Å²) >= 11 is 0. The van der Waals surface area contributed by atoms with Crippen molar-refractivity contribution in [2.45, 2.75) is 38.7 Å². The Morgan fingerprint density at radius 3 is 2.50 bits per heavy atom. The third-order valence-corrected chi connectivity index (χ3v) is 4.41. The van der Waals surface area contributed by atoms with Crippen molar-refractivity contribution in [1.82, 2.24) is 5.43 Å². The van der Waals surface area contributed by atoms with Gasteiger partial charge in [0.25, 0.3) is 5.91 Å². The van der Waals surface area contributed by atoms with Crippen molar-refractivity contribution in [2.24, 2.45) is 5.10 Å². The average Bonchev–Trinajstić information content (AvgIpc) is 2.66. The molecule has 0 aromatic heterocycles. The Bertz CT molecular complexity index is 800. The number of nitrogens with zero attached hydrogens (tertiary/aromatic N) is 1. The van der Waals surface area contributed by atoms with Crippen LogP contribution in [0.25, 0.3) is 0 Å². The monoisotopic (exact) mass is 352 g/mol. The minimum atomic E-state index is -0.705. The van der Waals surface area contributed by atoms with Crippen LogP contribution in [0, 0.1) is 0 Å². The lowest BCUT2D eigenvalue weighted by Crippen LogP contribution is -2.42. The number of amides is 1. The summed E-state index contributed by atoms with van der Waals surface area (Å²) in [7, 11) is 0. The number of hydrazone groups is 1. The topological polar surface area (TPSA) is 59.9 Å². The van der Waals surface area contributed by atoms with Gasteiger partial charge in [0.1, 0.15) is 6.61 Å². The molecule has 0 bridgehead atoms. The van der Waals surface area contributed by atoms with E-state index in [1.807, 2.05) is 43.3 Å². The van der Waals surface area contributed by atoms with Gasteiger partial charge in [-0.2, -0.15) is 5.10 Å². The fourth-order valence-electron chi connectivity index (χ4n) is 3.04. The van der Waals surface area contributed by atoms with Crippen LogP contribution in [0.15, 0.2) is 59.7 Å². The zero-order valence-electron chi connectivity index (χ0n) is 15.4. The molecule has 0 radical (unpaired) electrons. The number of ether oxygens (including phenoxy) is 2. The smallest absolute Gasteiger partial charge is 0.284 e. The van der Waals surface area contributed by atoms with Crippen molar-refractivity contribution in [2.75, 3.05) is 6.61 Å². The molecule has 5 nitrogen and oxygen atoms in total. The molecule has 2 aromatic carbocycles. The van der Waals surface area contributed by atoms with Crippen molar-refractivity contribution in [3.05, 3.63) is 60.2 Å². The number of para-hydroxylation sites is 2. The van der Waals surface area contributed by atoms with E-state index >= 15 is 0 Å². The summed E-state index contributed by atoms with van der Waals surface area (Å²) in [5.41, 5.74) is 4.62. The molecule has 1 unspecified atom stereocenters. The highest BCUT2D eigenvalue weighted by molar-refractivity contribution is 5.87. The predicted octanol–water partition coefficient (Wildman–Crippen LogP) is 3.69. The standard InChI is InChI=1S/C21H24N2O3/c1-15(13-21(2,3)16-9-5-4-6-10-16)22-23-20(24)19-14-25-17-11-7-8-12-18(17)26-19/h4-12,19H,13-14H2,1-3H3,(H,23,24). The molecule has 0 spiro atoms. The molecule has 1 atom stereocenters. The van der Waals surface area contributed by atoms with Gasteiger partial charge in [-0.25, -0.2) is 5.43 Å². The molecule has 5 heteroatoms. The van der Waals surface area contributed by atoms with E-state index in [1.54, 1.807) is 6.07 Å². The first-order valence-electron chi connectivity index (χ1n) is 8.73. The Morgan fingerprint density at radius 1 is 1.12 bits per heavy atom. The van der Waals surface area contributed by atoms with Gasteiger partial charge < -0.3 is 9.47 Å². The molecule has 136 valence electrons. The Kier molecular flexibility index (Phi) is 5.26. The first kappa shape index (κ1) is 18.0. The second kappa shape index (κ2) is 7.60. The van der Waals surface area contributed by atoms with Crippen LogP contribution in [-0.4, -0.2) is 24.3 Å². The molecule has 26 heavy (non-hydrogen) atoms. The van der Waals surface area contributed by atoms with Crippen LogP contribution in [0.1, 0.15) is 32.8 Å². The van der Waals surface area contributed by atoms with Crippen molar-refractivity contribution in [3.8, 4) is 11.5 Å². The van der Waals surface area contributed by atoms with E-state index in [2.05, 4.69) is 36.5 Å². The van der Waals surface area contributed by atoms with E-state index < -0.39 is 6.10 Å². The van der Waals surface area contributed by atoms with Gasteiger partial charge in [0.2, 0.25) is 6.10 Å². The van der Waals surface area contributed by atoms with E-state index in [9.17, 15) is 4.79 Å². The molecule has 1 aliphatic rings. The fraction of sp³-hybridized carbons (Fsp3) is 0.333. The van der Waals surface area contributed by atoms with E-state index in [4.69, 9.17) is 9.47 Å². The first-order chi connectivity index (χ1) is 12.5. The zero-order valence-corrected chi connectivity index (χ0v) is 15.4. The highest BCUT2D eigenvalue weighted by atomic mass is 16.6. The largest absolute Gasteiger partial charge is 0.485 e. The summed E-state index contributed by atoms with van der Waals surface area (Å²) in [4.78, 5) is 12.3. The van der Waals surface area contributed by atoms with Crippen molar-refractivity contribution in [3.63, 3.8) is 0 Å². The minimum absolute atomic E-state index is 0.0665. The molecule has 3 rings (SSSR count). The van der Waals surface area contributed by atoms with Gasteiger partial charge >= 0.3 is 0 Å². The number of nitrogens with one attached hydrogen (secondary N) is 1. The van der Waals surface area contributed by atoms with Crippen molar-refractivity contribution >= 4 is 11.6 Å². The summed E-state index contributed by atoms with van der Waals surface area (Å²) in [5, 5.41) is 4.25. The first-order valence-corrected chi connectivity index (χ1v) is 8.73. The van der Waals surface area contributed by atoms with E-state index in [-0.39, 0.29) is 17.9 Å². The van der Waals surface area contributed by atoms with E-state index in [1.165, 1.54) is 5.56 Å². The minimum Gasteiger partial charge on any atom is -0.485 e. The van der Waals surface area contributed by atoms with E-state index in [0.29, 0.717) is 11.5 Å². The molecule has 0 saturated carbocycles. The van der Waals surface area contributed by atoms with Gasteiger partial charge in [0.05, 0.1) is 0 Å². The number of fused-ring (bicyclic) bond motifs is 1. The Hall–Kier alpha value is -2.82. The van der Waals surface area contributed by atoms with Crippen LogP contribution in [0.4, 0.5) is 0 Å². The maximum absolute atomic E-state index is 12.3. The van der Waals surface area contributed by atoms with Crippen LogP contribution in [-0.2, 0) is 10.2 Å². The number of hydrogen-bond acceptors (Lipinski definition) is 4. The predicted molar refractivity (Wildman–Crippen MR) is 102 cm³/mol. The Morgan fingerprint density at radius 2 is 1.77 bits per heavy atom. The lowest BCUT2D eigenvalue weighted by Gasteiger charge is -2.26. The molecule has 1 aliphatic heterocycles. The van der Waals surface area contributed by atoms with Gasteiger partial charge in [-0.1, -0.05) is 56.3 Å². The second-order valence-corrected chi connectivity index (χ2v) is 7.11. The van der Waals surface area contributed by atoms with Crippen LogP contribution in [0.5, 0.6) is 11.5 Å². The Labute approximate surface area is 154 Å². The molecular formula is C21H24N2O3. The quantitative estimate of drug-likeness (QED) is 0.659. The van der Waals surface area contributed by atoms with Gasteiger partial charge in [-0.05, 0) is 36.5 Å². The van der Waals surface area contributed by atoms with Gasteiger partial charge in [-0.3, -0.25) is 4.79 Å². The van der Waals surface area contributed by atoms with Crippen molar-refractivity contribution < 1.29 is 14.3 Å². The third-order valence-electron chi connectivity index (χ3n) is 4.41. The average molecular weight is 352 g/mol. The lowest BCUT2D eigenvalue weighted by atomic mass is 9.80. The maximum atomic E-state index is 12.3. The molecular weight excluding hydrogens is 328 g/mol. The highest BCUT2D eigenvalue weighted by Crippen LogP contribution is 2.31. The van der Waals surface area contributed by atoms with E-state index in [0.717, 1.165) is 12.1 Å². The van der Waals surface area contributed by atoms with Gasteiger partial charge in [0.15, 0.2) is 11.5 Å². The van der Waals surface area contributed by atoms with Crippen LogP contribution >= 0.6 is 0 Å². The number of rotatable bonds is 5. The fourth-order valence-corrected chi connectivity index (χ4v) is 3.04. The lowest BCUT2D eigenvalue weighted by molar-refractivity contribution is -0.130. The highest BCUT2D eigenvalue weighted by Gasteiger charge is 2.27. The molecule has 1 heterocycles.